The van der Waals surface area contributed by atoms with Crippen LogP contribution >= 0.6 is 11.6 Å². The Morgan fingerprint density at radius 2 is 1.35 bits per heavy atom. The zero-order chi connectivity index (χ0) is 60.6. The Morgan fingerprint density at radius 3 is 1.91 bits per heavy atom. The summed E-state index contributed by atoms with van der Waals surface area (Å²) in [6.07, 6.45) is -7.44. The maximum absolute atomic E-state index is 14.2. The average Bonchev–Trinajstić information content (AvgIpc) is 3.67. The van der Waals surface area contributed by atoms with E-state index in [4.69, 9.17) is 42.1 Å². The summed E-state index contributed by atoms with van der Waals surface area (Å²) in [6, 6.07) is 0. The van der Waals surface area contributed by atoms with E-state index in [9.17, 15) is 76.0 Å². The second-order valence-electron chi connectivity index (χ2n) is 22.8. The Hall–Kier alpha value is -2.62. The third kappa shape index (κ3) is 30.8. The molecule has 0 aliphatic carbocycles. The number of halogens is 1. The number of aliphatic carboxylic acids is 1. The van der Waals surface area contributed by atoms with Crippen molar-refractivity contribution in [1.82, 2.24) is 5.32 Å². The molecule has 0 aromatic heterocycles. The van der Waals surface area contributed by atoms with E-state index in [1.807, 2.05) is 40.7 Å². The van der Waals surface area contributed by atoms with Crippen molar-refractivity contribution in [3.63, 3.8) is 0 Å². The minimum absolute atomic E-state index is 0.0277. The maximum Gasteiger partial charge on any atom is 0.318 e. The fourth-order valence-electron chi connectivity index (χ4n) is 10.4. The molecular weight excluding hydrogens is 1070 g/mol. The molecule has 20 atom stereocenters. The Kier molecular flexibility index (Phi) is 39.0. The lowest BCUT2D eigenvalue weighted by molar-refractivity contribution is -0.202. The highest BCUT2D eigenvalue weighted by Crippen LogP contribution is 2.32. The number of hydrogen-bond acceptors (Lipinski definition) is 19. The van der Waals surface area contributed by atoms with Crippen LogP contribution in [0.25, 0.3) is 0 Å². The molecule has 22 nitrogen and oxygen atoms in total. The monoisotopic (exact) mass is 1170 g/mol. The van der Waals surface area contributed by atoms with Gasteiger partial charge in [-0.1, -0.05) is 64.7 Å². The number of alkyl halides is 1. The fraction of sp³-hybridized carbons (Fsp3) is 0.877. The molecule has 2 aliphatic rings. The molecule has 0 saturated carbocycles. The zero-order valence-corrected chi connectivity index (χ0v) is 49.2. The van der Waals surface area contributed by atoms with E-state index >= 15 is 0 Å². The van der Waals surface area contributed by atoms with Gasteiger partial charge in [0.25, 0.3) is 0 Å². The summed E-state index contributed by atoms with van der Waals surface area (Å²) >= 11 is 4.74. The Labute approximate surface area is 479 Å². The fourth-order valence-corrected chi connectivity index (χ4v) is 10.4. The van der Waals surface area contributed by atoms with Crippen molar-refractivity contribution in [1.29, 1.82) is 5.41 Å². The van der Waals surface area contributed by atoms with Crippen LogP contribution in [0.1, 0.15) is 176 Å². The van der Waals surface area contributed by atoms with Gasteiger partial charge in [0.05, 0.1) is 73.6 Å². The van der Waals surface area contributed by atoms with Crippen LogP contribution in [-0.4, -0.2) is 206 Å². The number of carbonyl (C=O) groups excluding carboxylic acids is 1. The number of unbranched alkanes of at least 4 members (excludes halogenated alkanes) is 1. The van der Waals surface area contributed by atoms with Gasteiger partial charge in [-0.05, 0) is 134 Å². The van der Waals surface area contributed by atoms with Crippen LogP contribution in [0.15, 0.2) is 23.3 Å². The largest absolute Gasteiger partial charge is 0.480 e. The molecule has 470 valence electrons. The quantitative estimate of drug-likeness (QED) is 0.0315. The van der Waals surface area contributed by atoms with Gasteiger partial charge in [-0.25, -0.2) is 0 Å². The van der Waals surface area contributed by atoms with Gasteiger partial charge in [0.1, 0.15) is 36.4 Å². The number of nitrogens with two attached hydrogens (primary N) is 1. The molecule has 23 heteroatoms. The number of rotatable bonds is 13. The lowest BCUT2D eigenvalue weighted by atomic mass is 9.84. The number of aliphatic hydroxyl groups is 13. The Bertz CT molecular complexity index is 1750. The molecule has 0 aromatic carbocycles. The molecule has 1 saturated heterocycles. The van der Waals surface area contributed by atoms with Gasteiger partial charge >= 0.3 is 11.9 Å². The lowest BCUT2D eigenvalue weighted by Gasteiger charge is -2.34. The molecule has 0 bridgehead atoms. The zero-order valence-electron chi connectivity index (χ0n) is 48.4. The predicted octanol–water partition coefficient (Wildman–Crippen LogP) is 2.77. The number of guanidine groups is 1. The minimum Gasteiger partial charge on any atom is -0.480 e. The van der Waals surface area contributed by atoms with E-state index in [1.54, 1.807) is 6.92 Å². The van der Waals surface area contributed by atoms with Crippen LogP contribution in [0.3, 0.4) is 0 Å². The molecule has 2 aliphatic heterocycles. The molecule has 0 amide bonds. The number of nitrogens with one attached hydrogen (secondary N) is 2. The highest BCUT2D eigenvalue weighted by molar-refractivity contribution is 6.26. The molecule has 1 fully saturated rings. The van der Waals surface area contributed by atoms with Crippen molar-refractivity contribution in [2.75, 3.05) is 19.0 Å². The van der Waals surface area contributed by atoms with Crippen molar-refractivity contribution in [3.8, 4) is 0 Å². The maximum atomic E-state index is 14.2. The average molecular weight is 1170 g/mol. The van der Waals surface area contributed by atoms with Gasteiger partial charge in [0.15, 0.2) is 12.2 Å². The summed E-state index contributed by atoms with van der Waals surface area (Å²) in [6.45, 7) is 10.9. The van der Waals surface area contributed by atoms with Crippen LogP contribution in [0, 0.1) is 29.1 Å². The highest BCUT2D eigenvalue weighted by atomic mass is 35.5. The number of carboxylic acids is 1. The van der Waals surface area contributed by atoms with Gasteiger partial charge in [-0.2, -0.15) is 0 Å². The predicted molar refractivity (Wildman–Crippen MR) is 302 cm³/mol. The summed E-state index contributed by atoms with van der Waals surface area (Å²) < 4.78 is 17.7. The molecular formula is C57H106ClN3O19. The lowest BCUT2D eigenvalue weighted by Crippen LogP contribution is -2.42. The number of esters is 1. The number of ether oxygens (including phenoxy) is 3. The number of carbonyl (C=O) groups is 2. The van der Waals surface area contributed by atoms with Crippen LogP contribution in [0.4, 0.5) is 0 Å². The molecule has 16 unspecified atom stereocenters. The van der Waals surface area contributed by atoms with Crippen LogP contribution in [0.2, 0.25) is 0 Å². The van der Waals surface area contributed by atoms with Crippen molar-refractivity contribution >= 4 is 29.5 Å². The summed E-state index contributed by atoms with van der Waals surface area (Å²) in [7, 11) is 0. The molecule has 0 radical (unpaired) electrons. The van der Waals surface area contributed by atoms with Crippen LogP contribution < -0.4 is 11.1 Å². The van der Waals surface area contributed by atoms with Crippen LogP contribution in [-0.2, 0) is 23.8 Å². The van der Waals surface area contributed by atoms with Gasteiger partial charge < -0.3 is 96.8 Å². The topological polar surface area (TPSA) is 407 Å². The van der Waals surface area contributed by atoms with E-state index in [2.05, 4.69) is 5.32 Å². The van der Waals surface area contributed by atoms with E-state index in [-0.39, 0.29) is 55.8 Å². The van der Waals surface area contributed by atoms with E-state index in [0.717, 1.165) is 12.0 Å². The van der Waals surface area contributed by atoms with Gasteiger partial charge in [0, 0.05) is 24.8 Å². The van der Waals surface area contributed by atoms with Crippen LogP contribution in [0.5, 0.6) is 0 Å². The molecule has 2 heterocycles. The second kappa shape index (κ2) is 41.4. The number of aliphatic hydroxyl groups excluding tert-OH is 13. The number of cyclic esters (lactones) is 1. The third-order valence-electron chi connectivity index (χ3n) is 15.4. The van der Waals surface area contributed by atoms with E-state index < -0.39 is 128 Å². The smallest absolute Gasteiger partial charge is 0.318 e. The minimum atomic E-state index is -1.59. The Balaban J connectivity index is 0.00000610. The summed E-state index contributed by atoms with van der Waals surface area (Å²) in [5, 5.41) is 159. The van der Waals surface area contributed by atoms with Crippen molar-refractivity contribution < 1.29 is 95.3 Å². The first-order valence-corrected chi connectivity index (χ1v) is 29.7. The summed E-state index contributed by atoms with van der Waals surface area (Å²) in [4.78, 5) is 23.5. The number of hydrogen-bond donors (Lipinski definition) is 17. The third-order valence-corrected chi connectivity index (χ3v) is 15.6. The second-order valence-corrected chi connectivity index (χ2v) is 23.0. The molecule has 0 aromatic rings. The Morgan fingerprint density at radius 1 is 0.787 bits per heavy atom. The SMILES string of the molecule is CCCCC1C(=O)OC(C(C)C(O)CCCNC(=N)N)C(C)/C=C(\C)CCCCC(O)CC(O)CC(O)CC(O)CC(O)C(O[C@H]2O[C@H](CO)[C@@H](O)[C@@H]2O)/C=C(\C)C(O)CCCC(O)CCCC(O)CCC(C)C1O.O=C(O)CCl. The van der Waals surface area contributed by atoms with E-state index in [0.29, 0.717) is 108 Å². The van der Waals surface area contributed by atoms with Gasteiger partial charge in [0.2, 0.25) is 0 Å². The molecule has 2 rings (SSSR count). The highest BCUT2D eigenvalue weighted by Gasteiger charge is 2.45. The normalized spacial score (nSPS) is 36.8. The molecule has 18 N–H and O–H groups in total. The van der Waals surface area contributed by atoms with Gasteiger partial charge in [-0.15, -0.1) is 11.6 Å². The van der Waals surface area contributed by atoms with Crippen molar-refractivity contribution in [3.05, 3.63) is 23.3 Å². The summed E-state index contributed by atoms with van der Waals surface area (Å²) in [5.74, 6) is -4.06. The first-order valence-electron chi connectivity index (χ1n) is 29.2. The molecule has 80 heavy (non-hydrogen) atoms. The van der Waals surface area contributed by atoms with Crippen molar-refractivity contribution in [2.45, 2.75) is 274 Å². The van der Waals surface area contributed by atoms with E-state index in [1.165, 1.54) is 6.08 Å². The first kappa shape index (κ1) is 75.4. The molecule has 0 spiro atoms. The van der Waals surface area contributed by atoms with Gasteiger partial charge in [-0.3, -0.25) is 15.0 Å². The summed E-state index contributed by atoms with van der Waals surface area (Å²) in [5.41, 5.74) is 6.80. The standard InChI is InChI=1S/C55H103N3O17.C2H3ClO2/c1-7-8-19-43-49(69)33(3)22-23-38(61)17-11-16-37(60)18-12-20-44(66)34(4)26-47(73-54-51(71)50(70)48(31-59)74-54)46(68)30-42(65)29-41(64)28-40(63)27-39(62)15-10-9-14-32(2)25-35(5)52(75-53(43)72)36(6)45(67)21-13-24-58-55(56)57;3-1-2(4)5/h25-26,33,35-52,54,59-71H,7-24,27-31H2,1-6H3,(H4,56,57,58);1H2,(H,4,5)/b32-25+,34-26+;/t33?,35?,36?,37?,38?,39?,40?,41?,42?,43?,44?,45?,46?,47?,48-,49?,50-,51+,52?,54+;/m1./s1. The first-order chi connectivity index (χ1) is 37.6. The number of carboxylic acid groups (broad SMARTS) is 1. The van der Waals surface area contributed by atoms with Crippen molar-refractivity contribution in [2.24, 2.45) is 29.4 Å². The number of allylic oxidation sites excluding steroid dienone is 1.